The van der Waals surface area contributed by atoms with Crippen LogP contribution in [0.5, 0.6) is 0 Å². The number of amides is 1. The Bertz CT molecular complexity index is 1100. The summed E-state index contributed by atoms with van der Waals surface area (Å²) in [5.41, 5.74) is 1.29. The average molecular weight is 401 g/mol. The second-order valence-corrected chi connectivity index (χ2v) is 8.78. The first-order valence-corrected chi connectivity index (χ1v) is 10.4. The van der Waals surface area contributed by atoms with Crippen LogP contribution < -0.4 is 0 Å². The molecule has 3 rings (SSSR count). The summed E-state index contributed by atoms with van der Waals surface area (Å²) in [6, 6.07) is 9.58. The van der Waals surface area contributed by atoms with Crippen molar-refractivity contribution in [2.75, 3.05) is 12.3 Å². The Morgan fingerprint density at radius 1 is 1.33 bits per heavy atom. The molecular weight excluding hydrogens is 386 g/mol. The molecule has 0 atom stereocenters. The maximum Gasteiger partial charge on any atom is 0.269 e. The highest BCUT2D eigenvalue weighted by molar-refractivity contribution is 7.99. The number of fused-ring (bicyclic) bond motifs is 1. The molecule has 2 aromatic rings. The largest absolute Gasteiger partial charge is 0.294 e. The van der Waals surface area contributed by atoms with Gasteiger partial charge in [-0.1, -0.05) is 12.1 Å². The fourth-order valence-corrected chi connectivity index (χ4v) is 5.42. The zero-order chi connectivity index (χ0) is 19.8. The van der Waals surface area contributed by atoms with Crippen LogP contribution in [0.2, 0.25) is 0 Å². The number of thioether (sulfide) groups is 1. The lowest BCUT2D eigenvalue weighted by Gasteiger charge is -2.15. The molecule has 1 aliphatic heterocycles. The normalized spacial score (nSPS) is 14.7. The van der Waals surface area contributed by atoms with Gasteiger partial charge < -0.3 is 0 Å². The maximum atomic E-state index is 12.5. The number of Topliss-reactive ketones (excluding diaryl/α,β-unsaturated/α-hetero) is 1. The smallest absolute Gasteiger partial charge is 0.269 e. The van der Waals surface area contributed by atoms with Crippen LogP contribution in [-0.4, -0.2) is 41.7 Å². The Balaban J connectivity index is 1.78. The highest BCUT2D eigenvalue weighted by atomic mass is 32.2. The van der Waals surface area contributed by atoms with Gasteiger partial charge in [-0.15, -0.1) is 11.8 Å². The first-order chi connectivity index (χ1) is 12.8. The first-order valence-electron chi connectivity index (χ1n) is 7.99. The van der Waals surface area contributed by atoms with Gasteiger partial charge >= 0.3 is 0 Å². The molecule has 138 valence electrons. The molecule has 9 heteroatoms. The predicted molar refractivity (Wildman–Crippen MR) is 99.1 cm³/mol. The third kappa shape index (κ3) is 3.34. The van der Waals surface area contributed by atoms with Crippen molar-refractivity contribution in [3.8, 4) is 6.07 Å². The number of sulfonamides is 1. The molecule has 0 unspecified atom stereocenters. The van der Waals surface area contributed by atoms with Crippen LogP contribution in [0.15, 0.2) is 40.3 Å². The van der Waals surface area contributed by atoms with Crippen molar-refractivity contribution in [3.05, 3.63) is 52.7 Å². The van der Waals surface area contributed by atoms with Gasteiger partial charge in [-0.3, -0.25) is 9.59 Å². The van der Waals surface area contributed by atoms with Gasteiger partial charge in [0.2, 0.25) is 0 Å². The maximum absolute atomic E-state index is 12.5. The van der Waals surface area contributed by atoms with E-state index in [1.54, 1.807) is 19.1 Å². The molecule has 7 nitrogen and oxygen atoms in total. The summed E-state index contributed by atoms with van der Waals surface area (Å²) in [5.74, 6) is -0.498. The van der Waals surface area contributed by atoms with Crippen LogP contribution in [0.1, 0.15) is 38.9 Å². The minimum absolute atomic E-state index is 0.0116. The Kier molecular flexibility index (Phi) is 5.04. The zero-order valence-electron chi connectivity index (χ0n) is 14.6. The number of hydrogen-bond donors (Lipinski definition) is 0. The zero-order valence-corrected chi connectivity index (χ0v) is 16.2. The minimum atomic E-state index is -3.85. The molecule has 0 spiro atoms. The number of rotatable bonds is 5. The van der Waals surface area contributed by atoms with E-state index in [-0.39, 0.29) is 34.1 Å². The van der Waals surface area contributed by atoms with Crippen molar-refractivity contribution in [3.63, 3.8) is 0 Å². The van der Waals surface area contributed by atoms with E-state index in [4.69, 9.17) is 0 Å². The lowest BCUT2D eigenvalue weighted by molar-refractivity contribution is 0.0876. The van der Waals surface area contributed by atoms with Gasteiger partial charge in [0.05, 0.1) is 11.1 Å². The monoisotopic (exact) mass is 401 g/mol. The van der Waals surface area contributed by atoms with Crippen molar-refractivity contribution < 1.29 is 18.0 Å². The quantitative estimate of drug-likeness (QED) is 0.559. The van der Waals surface area contributed by atoms with E-state index < -0.39 is 15.9 Å². The van der Waals surface area contributed by atoms with E-state index >= 15 is 0 Å². The molecule has 0 aliphatic carbocycles. The van der Waals surface area contributed by atoms with Crippen LogP contribution in [-0.2, 0) is 10.0 Å². The third-order valence-electron chi connectivity index (χ3n) is 4.12. The van der Waals surface area contributed by atoms with E-state index in [0.29, 0.717) is 16.3 Å². The average Bonchev–Trinajstić information content (AvgIpc) is 2.82. The van der Waals surface area contributed by atoms with E-state index in [2.05, 4.69) is 4.98 Å². The number of nitriles is 1. The molecule has 1 aliphatic rings. The molecule has 1 amide bonds. The van der Waals surface area contributed by atoms with Crippen LogP contribution in [0.4, 0.5) is 0 Å². The summed E-state index contributed by atoms with van der Waals surface area (Å²) >= 11 is 1.17. The van der Waals surface area contributed by atoms with Gasteiger partial charge in [-0.25, -0.2) is 17.7 Å². The summed E-state index contributed by atoms with van der Waals surface area (Å²) in [4.78, 5) is 28.3. The second kappa shape index (κ2) is 7.13. The lowest BCUT2D eigenvalue weighted by Crippen LogP contribution is -2.32. The summed E-state index contributed by atoms with van der Waals surface area (Å²) in [6.07, 6.45) is 0. The number of ketones is 1. The number of aryl methyl sites for hydroxylation is 1. The molecule has 0 saturated heterocycles. The summed E-state index contributed by atoms with van der Waals surface area (Å²) in [6.45, 7) is 3.03. The number of nitrogens with zero attached hydrogens (tertiary/aromatic N) is 3. The van der Waals surface area contributed by atoms with Crippen LogP contribution >= 0.6 is 11.8 Å². The topological polar surface area (TPSA) is 108 Å². The van der Waals surface area contributed by atoms with E-state index in [1.165, 1.54) is 36.9 Å². The van der Waals surface area contributed by atoms with E-state index in [9.17, 15) is 23.3 Å². The Labute approximate surface area is 161 Å². The van der Waals surface area contributed by atoms with Crippen molar-refractivity contribution in [1.29, 1.82) is 5.26 Å². The van der Waals surface area contributed by atoms with Crippen LogP contribution in [0.25, 0.3) is 0 Å². The van der Waals surface area contributed by atoms with Crippen LogP contribution in [0.3, 0.4) is 0 Å². The Morgan fingerprint density at radius 3 is 2.67 bits per heavy atom. The molecule has 0 N–H and O–H groups in total. The van der Waals surface area contributed by atoms with Crippen molar-refractivity contribution in [2.24, 2.45) is 0 Å². The molecule has 0 radical (unpaired) electrons. The van der Waals surface area contributed by atoms with Crippen molar-refractivity contribution in [2.45, 2.75) is 23.8 Å². The Morgan fingerprint density at radius 2 is 2.04 bits per heavy atom. The summed E-state index contributed by atoms with van der Waals surface area (Å²) in [5, 5.41) is 9.70. The van der Waals surface area contributed by atoms with Crippen molar-refractivity contribution in [1.82, 2.24) is 9.29 Å². The number of pyridine rings is 1. The molecule has 2 heterocycles. The van der Waals surface area contributed by atoms with Gasteiger partial charge in [0.15, 0.2) is 5.78 Å². The molecule has 27 heavy (non-hydrogen) atoms. The number of carbonyl (C=O) groups excluding carboxylic acids is 2. The van der Waals surface area contributed by atoms with Gasteiger partial charge in [0.25, 0.3) is 15.9 Å². The van der Waals surface area contributed by atoms with Crippen molar-refractivity contribution >= 4 is 33.5 Å². The predicted octanol–water partition coefficient (Wildman–Crippen LogP) is 2.40. The second-order valence-electron chi connectivity index (χ2n) is 5.87. The number of benzene rings is 1. The summed E-state index contributed by atoms with van der Waals surface area (Å²) in [7, 11) is -3.85. The molecule has 0 saturated carbocycles. The Hall–Kier alpha value is -2.70. The van der Waals surface area contributed by atoms with Gasteiger partial charge in [0.1, 0.15) is 16.0 Å². The molecule has 0 bridgehead atoms. The number of aromatic nitrogens is 1. The standard InChI is InChI=1S/C18H15N3O4S2/c1-11-15(12(2)22)9-13(10-19)17(20-11)26-8-7-21-18(23)14-5-3-4-6-16(14)27(21,24)25/h3-6,9H,7-8H2,1-2H3. The van der Waals surface area contributed by atoms with Crippen LogP contribution in [0, 0.1) is 18.3 Å². The highest BCUT2D eigenvalue weighted by Crippen LogP contribution is 2.31. The van der Waals surface area contributed by atoms with Gasteiger partial charge in [-0.2, -0.15) is 5.26 Å². The third-order valence-corrected chi connectivity index (χ3v) is 6.93. The lowest BCUT2D eigenvalue weighted by atomic mass is 10.1. The summed E-state index contributed by atoms with van der Waals surface area (Å²) < 4.78 is 25.9. The molecule has 0 fully saturated rings. The molecule has 1 aromatic heterocycles. The van der Waals surface area contributed by atoms with Gasteiger partial charge in [0, 0.05) is 23.6 Å². The number of hydrogen-bond acceptors (Lipinski definition) is 7. The first kappa shape index (κ1) is 19.1. The van der Waals surface area contributed by atoms with Gasteiger partial charge in [-0.05, 0) is 32.0 Å². The fourth-order valence-electron chi connectivity index (χ4n) is 2.81. The molecule has 1 aromatic carbocycles. The fraction of sp³-hybridized carbons (Fsp3) is 0.222. The van der Waals surface area contributed by atoms with E-state index in [1.807, 2.05) is 6.07 Å². The van der Waals surface area contributed by atoms with E-state index in [0.717, 1.165) is 4.31 Å². The highest BCUT2D eigenvalue weighted by Gasteiger charge is 2.40. The SMILES string of the molecule is CC(=O)c1cc(C#N)c(SCCN2C(=O)c3ccccc3S2(=O)=O)nc1C. The minimum Gasteiger partial charge on any atom is -0.294 e. The number of carbonyl (C=O) groups is 2. The molecular formula is C18H15N3O4S2.